The highest BCUT2D eigenvalue weighted by molar-refractivity contribution is 9.10. The molecule has 2 N–H and O–H groups in total. The summed E-state index contributed by atoms with van der Waals surface area (Å²) in [6.07, 6.45) is -4.05. The number of halogens is 6. The summed E-state index contributed by atoms with van der Waals surface area (Å²) in [6.45, 7) is 0. The first-order chi connectivity index (χ1) is 17.5. The summed E-state index contributed by atoms with van der Waals surface area (Å²) in [5, 5.41) is 2.70. The summed E-state index contributed by atoms with van der Waals surface area (Å²) in [4.78, 5) is 32.7. The monoisotopic (exact) mass is 582 g/mol. The lowest BCUT2D eigenvalue weighted by molar-refractivity contribution is -0.118. The first-order valence-electron chi connectivity index (χ1n) is 11.0. The molecule has 3 aromatic heterocycles. The van der Waals surface area contributed by atoms with E-state index in [0.717, 1.165) is 12.1 Å². The van der Waals surface area contributed by atoms with Crippen LogP contribution in [0.5, 0.6) is 0 Å². The summed E-state index contributed by atoms with van der Waals surface area (Å²) in [6, 6.07) is 7.73. The summed E-state index contributed by atoms with van der Waals surface area (Å²) in [7, 11) is 1.47. The van der Waals surface area contributed by atoms with Crippen molar-refractivity contribution in [3.8, 4) is 11.3 Å². The number of aryl methyl sites for hydroxylation is 1. The van der Waals surface area contributed by atoms with Gasteiger partial charge in [0.25, 0.3) is 5.56 Å². The molecule has 0 aliphatic rings. The van der Waals surface area contributed by atoms with Crippen LogP contribution in [-0.2, 0) is 18.3 Å². The standard InChI is InChI=1S/C25H20BrF5N4O2/c1-35-11-14(8-17(28)29)22-20(25(35)37)21(26)23(34-22)13-6-7-32-19(9-13)33-24(36)16(10-18(30)31)12-2-4-15(27)5-3-12/h2-7,9,11,16-18,34H,8,10H2,1H3,(H,32,33,36)/t16-/m1/s1. The van der Waals surface area contributed by atoms with Gasteiger partial charge >= 0.3 is 0 Å². The van der Waals surface area contributed by atoms with E-state index in [0.29, 0.717) is 15.7 Å². The van der Waals surface area contributed by atoms with Gasteiger partial charge in [-0.15, -0.1) is 0 Å². The molecule has 0 saturated heterocycles. The molecule has 4 aromatic rings. The molecule has 0 spiro atoms. The van der Waals surface area contributed by atoms with Crippen LogP contribution in [0.4, 0.5) is 27.8 Å². The van der Waals surface area contributed by atoms with Crippen molar-refractivity contribution in [2.24, 2.45) is 7.05 Å². The Labute approximate surface area is 215 Å². The molecule has 0 fully saturated rings. The van der Waals surface area contributed by atoms with Crippen molar-refractivity contribution in [2.45, 2.75) is 31.6 Å². The maximum atomic E-state index is 13.3. The Balaban J connectivity index is 1.70. The number of nitrogens with one attached hydrogen (secondary N) is 2. The lowest BCUT2D eigenvalue weighted by atomic mass is 9.95. The number of nitrogens with zero attached hydrogens (tertiary/aromatic N) is 2. The van der Waals surface area contributed by atoms with Crippen LogP contribution in [0, 0.1) is 5.82 Å². The molecule has 1 amide bonds. The van der Waals surface area contributed by atoms with Crippen molar-refractivity contribution in [1.29, 1.82) is 0 Å². The van der Waals surface area contributed by atoms with Crippen molar-refractivity contribution in [1.82, 2.24) is 14.5 Å². The Morgan fingerprint density at radius 1 is 1.14 bits per heavy atom. The van der Waals surface area contributed by atoms with E-state index in [9.17, 15) is 31.5 Å². The highest BCUT2D eigenvalue weighted by Gasteiger charge is 2.26. The van der Waals surface area contributed by atoms with Gasteiger partial charge in [-0.2, -0.15) is 0 Å². The number of amides is 1. The van der Waals surface area contributed by atoms with E-state index in [4.69, 9.17) is 0 Å². The molecule has 0 aliphatic carbocycles. The average Bonchev–Trinajstić information content (AvgIpc) is 3.19. The van der Waals surface area contributed by atoms with Crippen LogP contribution in [0.15, 0.2) is 58.1 Å². The Morgan fingerprint density at radius 2 is 1.84 bits per heavy atom. The van der Waals surface area contributed by atoms with Crippen LogP contribution in [0.1, 0.15) is 23.5 Å². The van der Waals surface area contributed by atoms with E-state index < -0.39 is 48.9 Å². The topological polar surface area (TPSA) is 79.8 Å². The number of pyridine rings is 2. The van der Waals surface area contributed by atoms with Gasteiger partial charge in [0.1, 0.15) is 11.6 Å². The summed E-state index contributed by atoms with van der Waals surface area (Å²) in [5.41, 5.74) is 1.15. The van der Waals surface area contributed by atoms with Crippen molar-refractivity contribution >= 4 is 38.6 Å². The first-order valence-corrected chi connectivity index (χ1v) is 11.8. The Morgan fingerprint density at radius 3 is 2.49 bits per heavy atom. The Hall–Kier alpha value is -3.54. The predicted molar refractivity (Wildman–Crippen MR) is 133 cm³/mol. The van der Waals surface area contributed by atoms with Gasteiger partial charge in [-0.3, -0.25) is 9.59 Å². The zero-order valence-electron chi connectivity index (χ0n) is 19.2. The fraction of sp³-hybridized carbons (Fsp3) is 0.240. The highest BCUT2D eigenvalue weighted by atomic mass is 79.9. The molecule has 0 bridgehead atoms. The first kappa shape index (κ1) is 26.5. The molecule has 4 rings (SSSR count). The molecule has 0 aliphatic heterocycles. The molecular weight excluding hydrogens is 563 g/mol. The number of anilines is 1. The molecule has 37 heavy (non-hydrogen) atoms. The maximum Gasteiger partial charge on any atom is 0.260 e. The third kappa shape index (κ3) is 5.74. The second-order valence-corrected chi connectivity index (χ2v) is 9.17. The fourth-order valence-corrected chi connectivity index (χ4v) is 4.80. The van der Waals surface area contributed by atoms with Gasteiger partial charge in [0, 0.05) is 37.8 Å². The predicted octanol–water partition coefficient (Wildman–Crippen LogP) is 6.02. The minimum Gasteiger partial charge on any atom is -0.353 e. The van der Waals surface area contributed by atoms with Crippen LogP contribution in [0.2, 0.25) is 0 Å². The molecular formula is C25H20BrF5N4O2. The minimum atomic E-state index is -2.78. The van der Waals surface area contributed by atoms with Gasteiger partial charge in [-0.25, -0.2) is 26.9 Å². The zero-order valence-corrected chi connectivity index (χ0v) is 20.8. The van der Waals surface area contributed by atoms with Crippen molar-refractivity contribution in [2.75, 3.05) is 5.32 Å². The van der Waals surface area contributed by atoms with Crippen LogP contribution in [0.3, 0.4) is 0 Å². The van der Waals surface area contributed by atoms with Gasteiger partial charge in [0.05, 0.1) is 27.0 Å². The molecule has 194 valence electrons. The van der Waals surface area contributed by atoms with Crippen LogP contribution < -0.4 is 10.9 Å². The van der Waals surface area contributed by atoms with Gasteiger partial charge < -0.3 is 14.9 Å². The molecule has 0 radical (unpaired) electrons. The maximum absolute atomic E-state index is 13.3. The summed E-state index contributed by atoms with van der Waals surface area (Å²) in [5.74, 6) is -2.55. The smallest absolute Gasteiger partial charge is 0.260 e. The molecule has 0 saturated carbocycles. The fourth-order valence-electron chi connectivity index (χ4n) is 4.11. The second-order valence-electron chi connectivity index (χ2n) is 8.38. The molecule has 12 heteroatoms. The Bertz CT molecular complexity index is 1500. The quantitative estimate of drug-likeness (QED) is 0.249. The third-order valence-electron chi connectivity index (χ3n) is 5.82. The number of hydrogen-bond donors (Lipinski definition) is 2. The van der Waals surface area contributed by atoms with Crippen molar-refractivity contribution in [3.63, 3.8) is 0 Å². The SMILES string of the molecule is Cn1cc(CC(F)F)c2[nH]c(-c3ccnc(NC(=O)[C@H](CC(F)F)c4ccc(F)cc4)c3)c(Br)c2c1=O. The Kier molecular flexibility index (Phi) is 7.76. The number of aromatic nitrogens is 3. The normalized spacial score (nSPS) is 12.5. The van der Waals surface area contributed by atoms with E-state index in [2.05, 4.69) is 31.2 Å². The van der Waals surface area contributed by atoms with E-state index in [1.54, 1.807) is 6.07 Å². The lowest BCUT2D eigenvalue weighted by Gasteiger charge is -2.17. The lowest BCUT2D eigenvalue weighted by Crippen LogP contribution is -2.23. The number of H-pyrrole nitrogens is 1. The van der Waals surface area contributed by atoms with E-state index in [1.165, 1.54) is 42.2 Å². The number of alkyl halides is 4. The number of rotatable bonds is 8. The van der Waals surface area contributed by atoms with E-state index in [1.807, 2.05) is 0 Å². The second kappa shape index (κ2) is 10.8. The van der Waals surface area contributed by atoms with Crippen LogP contribution >= 0.6 is 15.9 Å². The van der Waals surface area contributed by atoms with Crippen molar-refractivity contribution in [3.05, 3.63) is 80.6 Å². The largest absolute Gasteiger partial charge is 0.353 e. The van der Waals surface area contributed by atoms with Gasteiger partial charge in [0.15, 0.2) is 0 Å². The van der Waals surface area contributed by atoms with E-state index >= 15 is 0 Å². The van der Waals surface area contributed by atoms with E-state index in [-0.39, 0.29) is 27.8 Å². The zero-order chi connectivity index (χ0) is 26.9. The number of carbonyl (C=O) groups is 1. The molecule has 1 aromatic carbocycles. The van der Waals surface area contributed by atoms with Gasteiger partial charge in [0.2, 0.25) is 18.8 Å². The van der Waals surface area contributed by atoms with Crippen molar-refractivity contribution < 1.29 is 26.7 Å². The molecule has 3 heterocycles. The highest BCUT2D eigenvalue weighted by Crippen LogP contribution is 2.35. The molecule has 0 unspecified atom stereocenters. The number of benzene rings is 1. The number of fused-ring (bicyclic) bond motifs is 1. The number of hydrogen-bond acceptors (Lipinski definition) is 3. The third-order valence-corrected chi connectivity index (χ3v) is 6.61. The number of carbonyl (C=O) groups excluding carboxylic acids is 1. The average molecular weight is 583 g/mol. The molecule has 1 atom stereocenters. The summed E-state index contributed by atoms with van der Waals surface area (Å²) >= 11 is 3.38. The van der Waals surface area contributed by atoms with Gasteiger partial charge in [-0.05, 0) is 51.3 Å². The van der Waals surface area contributed by atoms with Crippen LogP contribution in [0.25, 0.3) is 22.2 Å². The summed E-state index contributed by atoms with van der Waals surface area (Å²) < 4.78 is 67.5. The molecule has 6 nitrogen and oxygen atoms in total. The number of aromatic amines is 1. The van der Waals surface area contributed by atoms with Gasteiger partial charge in [-0.1, -0.05) is 12.1 Å². The minimum absolute atomic E-state index is 0.0372. The van der Waals surface area contributed by atoms with Crippen LogP contribution in [-0.4, -0.2) is 33.3 Å².